The highest BCUT2D eigenvalue weighted by molar-refractivity contribution is 5.82. The molecule has 1 aromatic carbocycles. The minimum absolute atomic E-state index is 0.178. The van der Waals surface area contributed by atoms with Crippen LogP contribution in [-0.2, 0) is 4.79 Å². The fraction of sp³-hybridized carbons (Fsp3) is 0.533. The zero-order valence-electron chi connectivity index (χ0n) is 10.9. The molecule has 0 radical (unpaired) electrons. The van der Waals surface area contributed by atoms with Gasteiger partial charge in [-0.15, -0.1) is 0 Å². The maximum absolute atomic E-state index is 11.7. The molecule has 1 fully saturated rings. The molecule has 1 saturated heterocycles. The number of rotatable bonds is 2. The predicted molar refractivity (Wildman–Crippen MR) is 69.8 cm³/mol. The second kappa shape index (κ2) is 5.01. The van der Waals surface area contributed by atoms with E-state index >= 15 is 0 Å². The molecule has 0 amide bonds. The molecule has 2 nitrogen and oxygen atoms in total. The Labute approximate surface area is 104 Å². The topological polar surface area (TPSA) is 20.3 Å². The first-order valence-electron chi connectivity index (χ1n) is 6.43. The molecule has 0 unspecified atom stereocenters. The van der Waals surface area contributed by atoms with Crippen LogP contribution in [0.2, 0.25) is 0 Å². The van der Waals surface area contributed by atoms with Crippen molar-refractivity contribution in [3.8, 4) is 0 Å². The van der Waals surface area contributed by atoms with Crippen LogP contribution >= 0.6 is 0 Å². The van der Waals surface area contributed by atoms with Gasteiger partial charge < -0.3 is 0 Å². The number of hydrogen-bond donors (Lipinski definition) is 0. The molecule has 3 atom stereocenters. The van der Waals surface area contributed by atoms with E-state index in [0.717, 1.165) is 6.54 Å². The first kappa shape index (κ1) is 12.3. The quantitative estimate of drug-likeness (QED) is 0.779. The molecule has 0 N–H and O–H groups in total. The third-order valence-corrected chi connectivity index (χ3v) is 3.88. The van der Waals surface area contributed by atoms with Crippen LogP contribution in [0, 0.1) is 5.92 Å². The number of likely N-dealkylation sites (tertiary alicyclic amines) is 1. The summed E-state index contributed by atoms with van der Waals surface area (Å²) in [6, 6.07) is 11.3. The average molecular weight is 231 g/mol. The Morgan fingerprint density at radius 1 is 1.24 bits per heavy atom. The number of ketones is 1. The van der Waals surface area contributed by atoms with Crippen molar-refractivity contribution in [2.75, 3.05) is 6.54 Å². The summed E-state index contributed by atoms with van der Waals surface area (Å²) in [5, 5.41) is 0. The van der Waals surface area contributed by atoms with E-state index in [1.807, 2.05) is 13.0 Å². The van der Waals surface area contributed by atoms with Gasteiger partial charge in [-0.1, -0.05) is 37.3 Å². The number of hydrogen-bond acceptors (Lipinski definition) is 2. The smallest absolute Gasteiger partial charge is 0.138 e. The Balaban J connectivity index is 2.14. The van der Waals surface area contributed by atoms with Crippen molar-refractivity contribution < 1.29 is 4.79 Å². The number of carbonyl (C=O) groups is 1. The fourth-order valence-electron chi connectivity index (χ4n) is 2.67. The summed E-state index contributed by atoms with van der Waals surface area (Å²) in [7, 11) is 0. The van der Waals surface area contributed by atoms with Crippen LogP contribution in [0.3, 0.4) is 0 Å². The number of nitrogens with zero attached hydrogens (tertiary/aromatic N) is 1. The zero-order chi connectivity index (χ0) is 12.4. The molecule has 0 aromatic heterocycles. The van der Waals surface area contributed by atoms with E-state index in [1.54, 1.807) is 0 Å². The lowest BCUT2D eigenvalue weighted by atomic mass is 9.91. The second-order valence-corrected chi connectivity index (χ2v) is 5.20. The molecule has 0 bridgehead atoms. The maximum Gasteiger partial charge on any atom is 0.138 e. The molecule has 0 aliphatic carbocycles. The Kier molecular flexibility index (Phi) is 3.63. The summed E-state index contributed by atoms with van der Waals surface area (Å²) in [6.07, 6.45) is 0.693. The van der Waals surface area contributed by atoms with Crippen LogP contribution in [0.1, 0.15) is 38.8 Å². The van der Waals surface area contributed by atoms with E-state index in [9.17, 15) is 4.79 Å². The average Bonchev–Trinajstić information content (AvgIpc) is 2.34. The van der Waals surface area contributed by atoms with Crippen molar-refractivity contribution in [2.45, 2.75) is 39.3 Å². The van der Waals surface area contributed by atoms with Crippen LogP contribution in [0.4, 0.5) is 0 Å². The van der Waals surface area contributed by atoms with Crippen LogP contribution in [0.25, 0.3) is 0 Å². The monoisotopic (exact) mass is 231 g/mol. The Morgan fingerprint density at radius 2 is 1.88 bits per heavy atom. The molecule has 92 valence electrons. The highest BCUT2D eigenvalue weighted by Gasteiger charge is 2.32. The van der Waals surface area contributed by atoms with Gasteiger partial charge in [-0.25, -0.2) is 0 Å². The van der Waals surface area contributed by atoms with Crippen molar-refractivity contribution in [3.05, 3.63) is 35.9 Å². The van der Waals surface area contributed by atoms with E-state index in [1.165, 1.54) is 5.56 Å². The van der Waals surface area contributed by atoms with Crippen LogP contribution in [-0.4, -0.2) is 23.3 Å². The summed E-state index contributed by atoms with van der Waals surface area (Å²) in [5.74, 6) is 0.589. The van der Waals surface area contributed by atoms with Crippen molar-refractivity contribution in [3.63, 3.8) is 0 Å². The van der Waals surface area contributed by atoms with E-state index in [2.05, 4.69) is 43.0 Å². The highest BCUT2D eigenvalue weighted by Crippen LogP contribution is 2.28. The Bertz CT molecular complexity index is 387. The van der Waals surface area contributed by atoms with Gasteiger partial charge in [0.1, 0.15) is 5.78 Å². The van der Waals surface area contributed by atoms with Gasteiger partial charge in [0.15, 0.2) is 0 Å². The minimum Gasteiger partial charge on any atom is -0.299 e. The van der Waals surface area contributed by atoms with Crippen molar-refractivity contribution >= 4 is 5.78 Å². The predicted octanol–water partition coefficient (Wildman–Crippen LogP) is 3.05. The first-order chi connectivity index (χ1) is 8.09. The molecule has 2 heteroatoms. The highest BCUT2D eigenvalue weighted by atomic mass is 16.1. The summed E-state index contributed by atoms with van der Waals surface area (Å²) < 4.78 is 0. The van der Waals surface area contributed by atoms with Gasteiger partial charge in [-0.2, -0.15) is 0 Å². The summed E-state index contributed by atoms with van der Waals surface area (Å²) >= 11 is 0. The third kappa shape index (κ3) is 2.58. The lowest BCUT2D eigenvalue weighted by Gasteiger charge is -2.40. The molecular weight excluding hydrogens is 210 g/mol. The van der Waals surface area contributed by atoms with Crippen molar-refractivity contribution in [2.24, 2.45) is 5.92 Å². The largest absolute Gasteiger partial charge is 0.299 e. The molecule has 1 aliphatic rings. The van der Waals surface area contributed by atoms with E-state index < -0.39 is 0 Å². The van der Waals surface area contributed by atoms with Gasteiger partial charge in [-0.3, -0.25) is 9.69 Å². The van der Waals surface area contributed by atoms with E-state index in [-0.39, 0.29) is 5.92 Å². The van der Waals surface area contributed by atoms with Gasteiger partial charge in [0, 0.05) is 31.0 Å². The number of piperidine rings is 1. The standard InChI is InChI=1S/C15H21NO/c1-11-10-16(12(2)9-15(11)17)13(3)14-7-5-4-6-8-14/h4-8,11-13H,9-10H2,1-3H3/t11-,12-,13-/m0/s1. The molecule has 2 rings (SSSR count). The van der Waals surface area contributed by atoms with Crippen molar-refractivity contribution in [1.29, 1.82) is 0 Å². The summed E-state index contributed by atoms with van der Waals surface area (Å²) in [5.41, 5.74) is 1.33. The van der Waals surface area contributed by atoms with Gasteiger partial charge in [-0.05, 0) is 19.4 Å². The van der Waals surface area contributed by atoms with Crippen LogP contribution in [0.5, 0.6) is 0 Å². The molecule has 17 heavy (non-hydrogen) atoms. The molecule has 0 saturated carbocycles. The molecule has 1 aromatic rings. The minimum atomic E-state index is 0.178. The normalized spacial score (nSPS) is 28.1. The Hall–Kier alpha value is -1.15. The second-order valence-electron chi connectivity index (χ2n) is 5.20. The van der Waals surface area contributed by atoms with Crippen LogP contribution < -0.4 is 0 Å². The van der Waals surface area contributed by atoms with Gasteiger partial charge in [0.05, 0.1) is 0 Å². The first-order valence-corrected chi connectivity index (χ1v) is 6.43. The lowest BCUT2D eigenvalue weighted by molar-refractivity contribution is -0.128. The summed E-state index contributed by atoms with van der Waals surface area (Å²) in [4.78, 5) is 14.1. The molecular formula is C15H21NO. The van der Waals surface area contributed by atoms with Gasteiger partial charge in [0.25, 0.3) is 0 Å². The Morgan fingerprint density at radius 3 is 2.53 bits per heavy atom. The molecule has 0 spiro atoms. The number of carbonyl (C=O) groups excluding carboxylic acids is 1. The van der Waals surface area contributed by atoms with Gasteiger partial charge >= 0.3 is 0 Å². The molecule has 1 heterocycles. The van der Waals surface area contributed by atoms with E-state index in [0.29, 0.717) is 24.3 Å². The number of Topliss-reactive ketones (excluding diaryl/α,β-unsaturated/α-hetero) is 1. The lowest BCUT2D eigenvalue weighted by Crippen LogP contribution is -2.46. The molecule has 1 aliphatic heterocycles. The van der Waals surface area contributed by atoms with Crippen LogP contribution in [0.15, 0.2) is 30.3 Å². The fourth-order valence-corrected chi connectivity index (χ4v) is 2.67. The summed E-state index contributed by atoms with van der Waals surface area (Å²) in [6.45, 7) is 7.31. The van der Waals surface area contributed by atoms with Crippen molar-refractivity contribution in [1.82, 2.24) is 4.90 Å². The van der Waals surface area contributed by atoms with E-state index in [4.69, 9.17) is 0 Å². The SMILES string of the molecule is C[C@H]1CN([C@@H](C)c2ccccc2)[C@@H](C)CC1=O. The zero-order valence-corrected chi connectivity index (χ0v) is 10.9. The maximum atomic E-state index is 11.7. The third-order valence-electron chi connectivity index (χ3n) is 3.88. The number of benzene rings is 1. The van der Waals surface area contributed by atoms with Gasteiger partial charge in [0.2, 0.25) is 0 Å².